The SMILES string of the molecule is CC(C)C(Sc1ccc(C#N)nc1)C(=O)O. The molecule has 0 fully saturated rings. The van der Waals surface area contributed by atoms with Crippen LogP contribution in [0.4, 0.5) is 0 Å². The molecular formula is C11H12N2O2S. The number of carboxylic acids is 1. The minimum absolute atomic E-state index is 0.0399. The van der Waals surface area contributed by atoms with E-state index in [9.17, 15) is 4.79 Å². The molecule has 1 aromatic rings. The number of hydrogen-bond donors (Lipinski definition) is 1. The van der Waals surface area contributed by atoms with Gasteiger partial charge in [-0.15, -0.1) is 11.8 Å². The van der Waals surface area contributed by atoms with Crippen LogP contribution in [0.3, 0.4) is 0 Å². The highest BCUT2D eigenvalue weighted by atomic mass is 32.2. The Labute approximate surface area is 98.3 Å². The number of thioether (sulfide) groups is 1. The average Bonchev–Trinajstić information content (AvgIpc) is 2.25. The van der Waals surface area contributed by atoms with Gasteiger partial charge in [0.05, 0.1) is 0 Å². The molecule has 0 amide bonds. The molecule has 5 heteroatoms. The Morgan fingerprint density at radius 1 is 1.56 bits per heavy atom. The number of carbonyl (C=O) groups is 1. The van der Waals surface area contributed by atoms with Crippen LogP contribution in [0.1, 0.15) is 19.5 Å². The zero-order valence-electron chi connectivity index (χ0n) is 9.04. The van der Waals surface area contributed by atoms with E-state index in [-0.39, 0.29) is 5.92 Å². The molecule has 1 N–H and O–H groups in total. The first-order valence-corrected chi connectivity index (χ1v) is 5.68. The van der Waals surface area contributed by atoms with Crippen LogP contribution in [0.2, 0.25) is 0 Å². The number of hydrogen-bond acceptors (Lipinski definition) is 4. The van der Waals surface area contributed by atoms with Gasteiger partial charge in [0.25, 0.3) is 0 Å². The predicted octanol–water partition coefficient (Wildman–Crippen LogP) is 2.15. The summed E-state index contributed by atoms with van der Waals surface area (Å²) in [5.74, 6) is -0.789. The van der Waals surface area contributed by atoms with Crippen LogP contribution in [0.25, 0.3) is 0 Å². The quantitative estimate of drug-likeness (QED) is 0.811. The lowest BCUT2D eigenvalue weighted by Gasteiger charge is -2.15. The fourth-order valence-electron chi connectivity index (χ4n) is 1.13. The second-order valence-electron chi connectivity index (χ2n) is 3.61. The highest BCUT2D eigenvalue weighted by Gasteiger charge is 2.22. The largest absolute Gasteiger partial charge is 0.480 e. The number of aromatic nitrogens is 1. The van der Waals surface area contributed by atoms with Crippen molar-refractivity contribution in [1.29, 1.82) is 5.26 Å². The molecule has 0 saturated carbocycles. The van der Waals surface area contributed by atoms with Gasteiger partial charge in [-0.25, -0.2) is 4.98 Å². The smallest absolute Gasteiger partial charge is 0.317 e. The highest BCUT2D eigenvalue weighted by molar-refractivity contribution is 8.00. The van der Waals surface area contributed by atoms with Gasteiger partial charge in [-0.1, -0.05) is 13.8 Å². The van der Waals surface area contributed by atoms with Crippen molar-refractivity contribution in [3.05, 3.63) is 24.0 Å². The Kier molecular flexibility index (Phi) is 4.32. The molecule has 1 heterocycles. The molecule has 0 bridgehead atoms. The molecule has 4 nitrogen and oxygen atoms in total. The van der Waals surface area contributed by atoms with E-state index in [1.165, 1.54) is 18.0 Å². The van der Waals surface area contributed by atoms with E-state index in [0.717, 1.165) is 4.90 Å². The lowest BCUT2D eigenvalue weighted by atomic mass is 10.1. The molecule has 84 valence electrons. The maximum Gasteiger partial charge on any atom is 0.317 e. The fraction of sp³-hybridized carbons (Fsp3) is 0.364. The fourth-order valence-corrected chi connectivity index (χ4v) is 2.06. The van der Waals surface area contributed by atoms with Crippen LogP contribution in [-0.2, 0) is 4.79 Å². The molecule has 1 atom stereocenters. The van der Waals surface area contributed by atoms with E-state index in [1.807, 2.05) is 19.9 Å². The van der Waals surface area contributed by atoms with Crippen LogP contribution in [-0.4, -0.2) is 21.3 Å². The summed E-state index contributed by atoms with van der Waals surface area (Å²) in [7, 11) is 0. The number of rotatable bonds is 4. The summed E-state index contributed by atoms with van der Waals surface area (Å²) in [5, 5.41) is 17.1. The number of aliphatic carboxylic acids is 1. The van der Waals surface area contributed by atoms with Crippen LogP contribution in [0.5, 0.6) is 0 Å². The molecule has 1 rings (SSSR count). The molecular weight excluding hydrogens is 224 g/mol. The predicted molar refractivity (Wildman–Crippen MR) is 61.1 cm³/mol. The molecule has 0 aromatic carbocycles. The van der Waals surface area contributed by atoms with Gasteiger partial charge in [-0.2, -0.15) is 5.26 Å². The first kappa shape index (κ1) is 12.5. The number of nitriles is 1. The minimum Gasteiger partial charge on any atom is -0.480 e. The molecule has 1 aromatic heterocycles. The van der Waals surface area contributed by atoms with Gasteiger partial charge in [0.2, 0.25) is 0 Å². The molecule has 0 saturated heterocycles. The van der Waals surface area contributed by atoms with Gasteiger partial charge in [0, 0.05) is 11.1 Å². The maximum atomic E-state index is 11.0. The second-order valence-corrected chi connectivity index (χ2v) is 4.83. The van der Waals surface area contributed by atoms with E-state index in [1.54, 1.807) is 12.1 Å². The third kappa shape index (κ3) is 3.24. The Bertz CT molecular complexity index is 409. The molecule has 1 unspecified atom stereocenters. The molecule has 0 spiro atoms. The first-order chi connectivity index (χ1) is 7.54. The third-order valence-electron chi connectivity index (χ3n) is 1.96. The lowest BCUT2D eigenvalue weighted by molar-refractivity contribution is -0.137. The van der Waals surface area contributed by atoms with Crippen molar-refractivity contribution in [3.8, 4) is 6.07 Å². The molecule has 0 aliphatic heterocycles. The summed E-state index contributed by atoms with van der Waals surface area (Å²) >= 11 is 1.25. The average molecular weight is 236 g/mol. The number of pyridine rings is 1. The standard InChI is InChI=1S/C11H12N2O2S/c1-7(2)10(11(14)15)16-9-4-3-8(5-12)13-6-9/h3-4,6-7,10H,1-2H3,(H,14,15). The van der Waals surface area contributed by atoms with Crippen LogP contribution in [0, 0.1) is 17.2 Å². The molecule has 0 radical (unpaired) electrons. The van der Waals surface area contributed by atoms with Gasteiger partial charge in [-0.3, -0.25) is 4.79 Å². The summed E-state index contributed by atoms with van der Waals surface area (Å²) in [6.07, 6.45) is 1.53. The Morgan fingerprint density at radius 3 is 2.62 bits per heavy atom. The summed E-state index contributed by atoms with van der Waals surface area (Å²) < 4.78 is 0. The van der Waals surface area contributed by atoms with Crippen molar-refractivity contribution >= 4 is 17.7 Å². The summed E-state index contributed by atoms with van der Waals surface area (Å²) in [4.78, 5) is 15.6. The monoisotopic (exact) mass is 236 g/mol. The lowest BCUT2D eigenvalue weighted by Crippen LogP contribution is -2.22. The Hall–Kier alpha value is -1.54. The molecule has 16 heavy (non-hydrogen) atoms. The van der Waals surface area contributed by atoms with Gasteiger partial charge in [0.15, 0.2) is 0 Å². The minimum atomic E-state index is -0.829. The summed E-state index contributed by atoms with van der Waals surface area (Å²) in [5.41, 5.74) is 0.334. The van der Waals surface area contributed by atoms with E-state index in [0.29, 0.717) is 5.69 Å². The Balaban J connectivity index is 2.78. The van der Waals surface area contributed by atoms with E-state index >= 15 is 0 Å². The van der Waals surface area contributed by atoms with Crippen molar-refractivity contribution in [2.24, 2.45) is 5.92 Å². The number of carboxylic acid groups (broad SMARTS) is 1. The molecule has 0 aliphatic carbocycles. The number of nitrogens with zero attached hydrogens (tertiary/aromatic N) is 2. The van der Waals surface area contributed by atoms with Crippen molar-refractivity contribution in [3.63, 3.8) is 0 Å². The van der Waals surface area contributed by atoms with Crippen molar-refractivity contribution < 1.29 is 9.90 Å². The maximum absolute atomic E-state index is 11.0. The third-order valence-corrected chi connectivity index (χ3v) is 3.48. The van der Waals surface area contributed by atoms with Gasteiger partial charge >= 0.3 is 5.97 Å². The summed E-state index contributed by atoms with van der Waals surface area (Å²) in [6, 6.07) is 5.22. The summed E-state index contributed by atoms with van der Waals surface area (Å²) in [6.45, 7) is 3.73. The molecule has 0 aliphatic rings. The van der Waals surface area contributed by atoms with Crippen molar-refractivity contribution in [2.45, 2.75) is 24.0 Å². The highest BCUT2D eigenvalue weighted by Crippen LogP contribution is 2.27. The van der Waals surface area contributed by atoms with Gasteiger partial charge < -0.3 is 5.11 Å². The normalized spacial score (nSPS) is 12.1. The van der Waals surface area contributed by atoms with Crippen LogP contribution >= 0.6 is 11.8 Å². The zero-order chi connectivity index (χ0) is 12.1. The Morgan fingerprint density at radius 2 is 2.25 bits per heavy atom. The van der Waals surface area contributed by atoms with Gasteiger partial charge in [-0.05, 0) is 18.1 Å². The first-order valence-electron chi connectivity index (χ1n) is 4.80. The van der Waals surface area contributed by atoms with E-state index in [2.05, 4.69) is 4.98 Å². The van der Waals surface area contributed by atoms with E-state index < -0.39 is 11.2 Å². The zero-order valence-corrected chi connectivity index (χ0v) is 9.86. The van der Waals surface area contributed by atoms with Crippen molar-refractivity contribution in [1.82, 2.24) is 4.98 Å². The van der Waals surface area contributed by atoms with Gasteiger partial charge in [0.1, 0.15) is 17.0 Å². The van der Waals surface area contributed by atoms with Crippen LogP contribution < -0.4 is 0 Å². The second kappa shape index (κ2) is 5.52. The topological polar surface area (TPSA) is 74.0 Å². The van der Waals surface area contributed by atoms with Crippen LogP contribution in [0.15, 0.2) is 23.2 Å². The van der Waals surface area contributed by atoms with E-state index in [4.69, 9.17) is 10.4 Å². The van der Waals surface area contributed by atoms with Crippen molar-refractivity contribution in [2.75, 3.05) is 0 Å².